The lowest BCUT2D eigenvalue weighted by Crippen LogP contribution is -2.53. The van der Waals surface area contributed by atoms with Crippen LogP contribution < -0.4 is 11.1 Å². The van der Waals surface area contributed by atoms with Crippen molar-refractivity contribution in [3.8, 4) is 0 Å². The van der Waals surface area contributed by atoms with E-state index in [0.29, 0.717) is 6.54 Å². The van der Waals surface area contributed by atoms with Gasteiger partial charge in [0.1, 0.15) is 0 Å². The molecule has 0 bridgehead atoms. The van der Waals surface area contributed by atoms with E-state index in [1.165, 1.54) is 5.56 Å². The maximum atomic E-state index is 12.5. The van der Waals surface area contributed by atoms with Gasteiger partial charge in [-0.15, -0.1) is 24.8 Å². The highest BCUT2D eigenvalue weighted by Gasteiger charge is 2.37. The van der Waals surface area contributed by atoms with E-state index in [1.54, 1.807) is 0 Å². The van der Waals surface area contributed by atoms with E-state index < -0.39 is 0 Å². The third-order valence-corrected chi connectivity index (χ3v) is 4.98. The number of para-hydroxylation sites is 1. The summed E-state index contributed by atoms with van der Waals surface area (Å²) in [6.45, 7) is 2.63. The zero-order chi connectivity index (χ0) is 16.3. The fourth-order valence-electron chi connectivity index (χ4n) is 3.60. The molecule has 1 aromatic carbocycles. The maximum absolute atomic E-state index is 12.5. The summed E-state index contributed by atoms with van der Waals surface area (Å²) in [5.41, 5.74) is 8.13. The largest absolute Gasteiger partial charge is 0.355 e. The lowest BCUT2D eigenvalue weighted by Gasteiger charge is -2.37. The summed E-state index contributed by atoms with van der Waals surface area (Å²) in [6, 6.07) is 10.2. The summed E-state index contributed by atoms with van der Waals surface area (Å²) in [5.74, 6) is 0.0322. The van der Waals surface area contributed by atoms with Crippen LogP contribution in [0.15, 0.2) is 36.5 Å². The number of nitrogens with zero attached hydrogens (tertiary/aromatic N) is 1. The average Bonchev–Trinajstić information content (AvgIpc) is 2.54. The number of pyridine rings is 1. The Morgan fingerprint density at radius 3 is 2.80 bits per heavy atom. The van der Waals surface area contributed by atoms with Gasteiger partial charge < -0.3 is 11.1 Å². The van der Waals surface area contributed by atoms with Crippen LogP contribution in [0, 0.1) is 5.92 Å². The van der Waals surface area contributed by atoms with Crippen LogP contribution in [0.2, 0.25) is 0 Å². The number of nitrogens with two attached hydrogens (primary N) is 1. The summed E-state index contributed by atoms with van der Waals surface area (Å²) in [7, 11) is 0. The zero-order valence-electron chi connectivity index (χ0n) is 14.5. The van der Waals surface area contributed by atoms with Crippen molar-refractivity contribution in [3.05, 3.63) is 42.1 Å². The summed E-state index contributed by atoms with van der Waals surface area (Å²) in [5, 5.41) is 4.21. The number of rotatable bonds is 4. The van der Waals surface area contributed by atoms with Crippen LogP contribution in [0.5, 0.6) is 0 Å². The lowest BCUT2D eigenvalue weighted by atomic mass is 9.74. The smallest absolute Gasteiger partial charge is 0.224 e. The third kappa shape index (κ3) is 5.06. The van der Waals surface area contributed by atoms with E-state index in [1.807, 2.05) is 25.3 Å². The Hall–Kier alpha value is -1.36. The van der Waals surface area contributed by atoms with Gasteiger partial charge in [-0.1, -0.05) is 37.1 Å². The van der Waals surface area contributed by atoms with Gasteiger partial charge in [0.25, 0.3) is 0 Å². The number of nitrogens with one attached hydrogen (secondary N) is 1. The molecule has 1 heterocycles. The first-order chi connectivity index (χ1) is 11.1. The van der Waals surface area contributed by atoms with Crippen molar-refractivity contribution in [2.45, 2.75) is 44.6 Å². The fraction of sp³-hybridized carbons (Fsp3) is 0.474. The topological polar surface area (TPSA) is 68.0 Å². The summed E-state index contributed by atoms with van der Waals surface area (Å²) in [6.07, 6.45) is 6.64. The van der Waals surface area contributed by atoms with Gasteiger partial charge in [0.05, 0.1) is 11.4 Å². The molecular formula is C19H27Cl2N3O. The van der Waals surface area contributed by atoms with Crippen LogP contribution in [0.4, 0.5) is 0 Å². The molecule has 0 aliphatic heterocycles. The van der Waals surface area contributed by atoms with E-state index >= 15 is 0 Å². The number of fused-ring (bicyclic) bond motifs is 1. The number of halogens is 2. The van der Waals surface area contributed by atoms with E-state index in [-0.39, 0.29) is 42.2 Å². The highest BCUT2D eigenvalue weighted by atomic mass is 35.5. The van der Waals surface area contributed by atoms with Gasteiger partial charge in [-0.25, -0.2) is 0 Å². The van der Waals surface area contributed by atoms with Gasteiger partial charge in [0.2, 0.25) is 5.91 Å². The number of hydrogen-bond acceptors (Lipinski definition) is 3. The van der Waals surface area contributed by atoms with E-state index in [2.05, 4.69) is 28.5 Å². The molecule has 4 nitrogen and oxygen atoms in total. The van der Waals surface area contributed by atoms with Gasteiger partial charge in [-0.3, -0.25) is 9.78 Å². The number of carbonyl (C=O) groups is 1. The van der Waals surface area contributed by atoms with Crippen molar-refractivity contribution < 1.29 is 4.79 Å². The second-order valence-corrected chi connectivity index (χ2v) is 6.84. The Morgan fingerprint density at radius 2 is 2.04 bits per heavy atom. The van der Waals surface area contributed by atoms with Crippen molar-refractivity contribution in [2.24, 2.45) is 11.7 Å². The van der Waals surface area contributed by atoms with Gasteiger partial charge >= 0.3 is 0 Å². The molecule has 3 N–H and O–H groups in total. The molecule has 0 spiro atoms. The minimum absolute atomic E-state index is 0. The van der Waals surface area contributed by atoms with Crippen molar-refractivity contribution in [1.29, 1.82) is 0 Å². The Bertz CT molecular complexity index is 701. The Balaban J connectivity index is 0.00000156. The molecule has 1 aliphatic rings. The van der Waals surface area contributed by atoms with Crippen LogP contribution in [-0.4, -0.2) is 23.0 Å². The zero-order valence-corrected chi connectivity index (χ0v) is 16.2. The number of amides is 1. The highest BCUT2D eigenvalue weighted by molar-refractivity contribution is 5.85. The molecule has 3 rings (SSSR count). The molecule has 0 saturated heterocycles. The first-order valence-electron chi connectivity index (χ1n) is 8.47. The van der Waals surface area contributed by atoms with Crippen LogP contribution in [0.25, 0.3) is 10.9 Å². The second kappa shape index (κ2) is 9.37. The normalized spacial score (nSPS) is 22.6. The van der Waals surface area contributed by atoms with E-state index in [9.17, 15) is 4.79 Å². The predicted octanol–water partition coefficient (Wildman–Crippen LogP) is 3.64. The van der Waals surface area contributed by atoms with Crippen LogP contribution in [-0.2, 0) is 11.2 Å². The molecule has 2 unspecified atom stereocenters. The van der Waals surface area contributed by atoms with Crippen molar-refractivity contribution in [2.75, 3.05) is 6.54 Å². The minimum Gasteiger partial charge on any atom is -0.355 e. The monoisotopic (exact) mass is 383 g/mol. The van der Waals surface area contributed by atoms with E-state index in [4.69, 9.17) is 5.73 Å². The standard InChI is InChI=1S/C19H25N3O.2ClH/c1-19(20)11-3-2-9-16(19)18(23)22-13-10-15-7-4-6-14-8-5-12-21-17(14)15;;/h4-8,12,16H,2-3,9-11,13,20H2,1H3,(H,22,23);2*1H. The molecule has 1 aliphatic carbocycles. The molecule has 1 aromatic heterocycles. The van der Waals surface area contributed by atoms with Gasteiger partial charge in [-0.05, 0) is 37.8 Å². The molecule has 2 aromatic rings. The second-order valence-electron chi connectivity index (χ2n) is 6.84. The minimum atomic E-state index is -0.372. The Morgan fingerprint density at radius 1 is 1.28 bits per heavy atom. The Kier molecular flexibility index (Phi) is 8.13. The summed E-state index contributed by atoms with van der Waals surface area (Å²) >= 11 is 0. The van der Waals surface area contributed by atoms with Gasteiger partial charge in [0, 0.05) is 23.7 Å². The van der Waals surface area contributed by atoms with Gasteiger partial charge in [0.15, 0.2) is 0 Å². The average molecular weight is 384 g/mol. The van der Waals surface area contributed by atoms with Crippen molar-refractivity contribution in [1.82, 2.24) is 10.3 Å². The van der Waals surface area contributed by atoms with Crippen molar-refractivity contribution in [3.63, 3.8) is 0 Å². The van der Waals surface area contributed by atoms with Crippen molar-refractivity contribution >= 4 is 41.6 Å². The third-order valence-electron chi connectivity index (χ3n) is 4.98. The fourth-order valence-corrected chi connectivity index (χ4v) is 3.60. The maximum Gasteiger partial charge on any atom is 0.224 e. The SMILES string of the molecule is CC1(N)CCCCC1C(=O)NCCc1cccc2cccnc12.Cl.Cl. The summed E-state index contributed by atoms with van der Waals surface area (Å²) < 4.78 is 0. The number of hydrogen-bond donors (Lipinski definition) is 2. The van der Waals surface area contributed by atoms with E-state index in [0.717, 1.165) is 43.0 Å². The first-order valence-corrected chi connectivity index (χ1v) is 8.47. The molecule has 1 saturated carbocycles. The van der Waals surface area contributed by atoms with Crippen LogP contribution in [0.3, 0.4) is 0 Å². The number of carbonyl (C=O) groups excluding carboxylic acids is 1. The van der Waals surface area contributed by atoms with Crippen LogP contribution >= 0.6 is 24.8 Å². The lowest BCUT2D eigenvalue weighted by molar-refractivity contribution is -0.128. The quantitative estimate of drug-likeness (QED) is 0.846. The predicted molar refractivity (Wildman–Crippen MR) is 108 cm³/mol. The molecule has 0 radical (unpaired) electrons. The van der Waals surface area contributed by atoms with Gasteiger partial charge in [-0.2, -0.15) is 0 Å². The highest BCUT2D eigenvalue weighted by Crippen LogP contribution is 2.31. The Labute approximate surface area is 161 Å². The number of aromatic nitrogens is 1. The summed E-state index contributed by atoms with van der Waals surface area (Å²) in [4.78, 5) is 16.9. The van der Waals surface area contributed by atoms with Crippen LogP contribution in [0.1, 0.15) is 38.2 Å². The molecule has 138 valence electrons. The molecule has 1 fully saturated rings. The molecule has 25 heavy (non-hydrogen) atoms. The first kappa shape index (κ1) is 21.7. The molecule has 1 amide bonds. The molecule has 6 heteroatoms. The number of benzene rings is 1. The molecule has 2 atom stereocenters. The molecular weight excluding hydrogens is 357 g/mol.